The summed E-state index contributed by atoms with van der Waals surface area (Å²) in [4.78, 5) is 14.0. The molecule has 1 N–H and O–H groups in total. The van der Waals surface area contributed by atoms with E-state index < -0.39 is 9.84 Å². The zero-order valence-corrected chi connectivity index (χ0v) is 12.7. The summed E-state index contributed by atoms with van der Waals surface area (Å²) >= 11 is 0. The average molecular weight is 288 g/mol. The number of nitrogens with one attached hydrogen (secondary N) is 1. The van der Waals surface area contributed by atoms with Crippen molar-refractivity contribution in [2.24, 2.45) is 5.92 Å². The van der Waals surface area contributed by atoms with Crippen molar-refractivity contribution >= 4 is 15.7 Å². The lowest BCUT2D eigenvalue weighted by molar-refractivity contribution is -0.131. The SMILES string of the molecule is CC1NC(C2CCCC2)N(C(C)CS(C)(=O)=O)C1=O. The Morgan fingerprint density at radius 3 is 2.47 bits per heavy atom. The van der Waals surface area contributed by atoms with Gasteiger partial charge in [0, 0.05) is 12.3 Å². The van der Waals surface area contributed by atoms with Crippen LogP contribution in [0.2, 0.25) is 0 Å². The van der Waals surface area contributed by atoms with Crippen molar-refractivity contribution in [1.29, 1.82) is 0 Å². The number of hydrogen-bond acceptors (Lipinski definition) is 4. The highest BCUT2D eigenvalue weighted by atomic mass is 32.2. The summed E-state index contributed by atoms with van der Waals surface area (Å²) in [5.74, 6) is 0.542. The van der Waals surface area contributed by atoms with E-state index in [0.29, 0.717) is 5.92 Å². The number of carbonyl (C=O) groups is 1. The Labute approximate surface area is 115 Å². The molecular weight excluding hydrogens is 264 g/mol. The number of amides is 1. The predicted octanol–water partition coefficient (Wildman–Crippen LogP) is 0.756. The van der Waals surface area contributed by atoms with Crippen LogP contribution in [0.5, 0.6) is 0 Å². The first-order chi connectivity index (χ1) is 8.79. The molecule has 0 bridgehead atoms. The Bertz CT molecular complexity index is 443. The first-order valence-corrected chi connectivity index (χ1v) is 9.11. The maximum Gasteiger partial charge on any atom is 0.241 e. The predicted molar refractivity (Wildman–Crippen MR) is 74.4 cm³/mol. The van der Waals surface area contributed by atoms with Gasteiger partial charge in [0.1, 0.15) is 9.84 Å². The van der Waals surface area contributed by atoms with Gasteiger partial charge in [0.05, 0.1) is 18.0 Å². The van der Waals surface area contributed by atoms with E-state index in [1.807, 2.05) is 13.8 Å². The van der Waals surface area contributed by atoms with Gasteiger partial charge in [-0.1, -0.05) is 12.8 Å². The van der Waals surface area contributed by atoms with Gasteiger partial charge in [0.2, 0.25) is 5.91 Å². The summed E-state index contributed by atoms with van der Waals surface area (Å²) in [6, 6.07) is -0.460. The molecule has 0 aromatic carbocycles. The molecule has 0 radical (unpaired) electrons. The van der Waals surface area contributed by atoms with Gasteiger partial charge in [0.15, 0.2) is 0 Å². The molecule has 0 spiro atoms. The van der Waals surface area contributed by atoms with Crippen LogP contribution in [0.25, 0.3) is 0 Å². The molecule has 110 valence electrons. The highest BCUT2D eigenvalue weighted by Gasteiger charge is 2.43. The molecule has 2 fully saturated rings. The fourth-order valence-corrected chi connectivity index (χ4v) is 4.45. The number of hydrogen-bond donors (Lipinski definition) is 1. The highest BCUT2D eigenvalue weighted by molar-refractivity contribution is 7.90. The first kappa shape index (κ1) is 14.8. The van der Waals surface area contributed by atoms with Gasteiger partial charge >= 0.3 is 0 Å². The zero-order chi connectivity index (χ0) is 14.2. The van der Waals surface area contributed by atoms with E-state index in [4.69, 9.17) is 0 Å². The van der Waals surface area contributed by atoms with Crippen LogP contribution in [0.3, 0.4) is 0 Å². The smallest absolute Gasteiger partial charge is 0.241 e. The topological polar surface area (TPSA) is 66.5 Å². The number of sulfone groups is 1. The molecule has 3 atom stereocenters. The molecule has 1 aliphatic heterocycles. The normalized spacial score (nSPS) is 31.1. The fourth-order valence-electron chi connectivity index (χ4n) is 3.41. The molecule has 2 rings (SSSR count). The minimum atomic E-state index is -3.07. The highest BCUT2D eigenvalue weighted by Crippen LogP contribution is 2.33. The Kier molecular flexibility index (Phi) is 4.20. The molecule has 1 amide bonds. The molecule has 2 aliphatic rings. The summed E-state index contributed by atoms with van der Waals surface area (Å²) in [5, 5.41) is 3.34. The monoisotopic (exact) mass is 288 g/mol. The van der Waals surface area contributed by atoms with Crippen molar-refractivity contribution in [3.05, 3.63) is 0 Å². The quantitative estimate of drug-likeness (QED) is 0.829. The Balaban J connectivity index is 2.15. The molecule has 3 unspecified atom stereocenters. The summed E-state index contributed by atoms with van der Waals surface area (Å²) < 4.78 is 22.9. The van der Waals surface area contributed by atoms with Crippen LogP contribution in [0, 0.1) is 5.92 Å². The Morgan fingerprint density at radius 2 is 1.95 bits per heavy atom. The molecule has 1 aliphatic carbocycles. The van der Waals surface area contributed by atoms with E-state index in [-0.39, 0.29) is 29.9 Å². The second kappa shape index (κ2) is 5.40. The van der Waals surface area contributed by atoms with Crippen molar-refractivity contribution in [3.8, 4) is 0 Å². The van der Waals surface area contributed by atoms with Crippen LogP contribution >= 0.6 is 0 Å². The molecule has 1 saturated heterocycles. The van der Waals surface area contributed by atoms with Gasteiger partial charge in [0.25, 0.3) is 0 Å². The van der Waals surface area contributed by atoms with Gasteiger partial charge in [-0.25, -0.2) is 8.42 Å². The van der Waals surface area contributed by atoms with Gasteiger partial charge < -0.3 is 4.90 Å². The number of carbonyl (C=O) groups excluding carboxylic acids is 1. The van der Waals surface area contributed by atoms with E-state index in [1.165, 1.54) is 19.1 Å². The molecule has 6 heteroatoms. The average Bonchev–Trinajstić information content (AvgIpc) is 2.85. The molecule has 1 heterocycles. The Hall–Kier alpha value is -0.620. The third-order valence-electron chi connectivity index (χ3n) is 4.21. The standard InChI is InChI=1S/C13H24N2O3S/c1-9(8-19(3,17)18)15-12(11-6-4-5-7-11)14-10(2)13(15)16/h9-12,14H,4-8H2,1-3H3. The molecule has 19 heavy (non-hydrogen) atoms. The lowest BCUT2D eigenvalue weighted by atomic mass is 10.0. The van der Waals surface area contributed by atoms with E-state index in [1.54, 1.807) is 4.90 Å². The van der Waals surface area contributed by atoms with Gasteiger partial charge in [-0.2, -0.15) is 0 Å². The summed E-state index contributed by atoms with van der Waals surface area (Å²) in [7, 11) is -3.07. The second-order valence-corrected chi connectivity index (χ2v) is 8.25. The van der Waals surface area contributed by atoms with Gasteiger partial charge in [-0.15, -0.1) is 0 Å². The summed E-state index contributed by atoms with van der Waals surface area (Å²) in [6.07, 6.45) is 5.91. The maximum absolute atomic E-state index is 12.3. The van der Waals surface area contributed by atoms with E-state index in [0.717, 1.165) is 12.8 Å². The third kappa shape index (κ3) is 3.28. The lowest BCUT2D eigenvalue weighted by Crippen LogP contribution is -2.49. The van der Waals surface area contributed by atoms with Crippen LogP contribution in [-0.4, -0.2) is 49.5 Å². The van der Waals surface area contributed by atoms with Crippen molar-refractivity contribution < 1.29 is 13.2 Å². The minimum absolute atomic E-state index is 0.0155. The molecule has 5 nitrogen and oxygen atoms in total. The van der Waals surface area contributed by atoms with Gasteiger partial charge in [-0.05, 0) is 32.6 Å². The molecule has 0 aromatic heterocycles. The number of nitrogens with zero attached hydrogens (tertiary/aromatic N) is 1. The van der Waals surface area contributed by atoms with Crippen LogP contribution in [0.4, 0.5) is 0 Å². The molecule has 1 saturated carbocycles. The first-order valence-electron chi connectivity index (χ1n) is 7.05. The summed E-state index contributed by atoms with van der Waals surface area (Å²) in [5.41, 5.74) is 0. The fraction of sp³-hybridized carbons (Fsp3) is 0.923. The largest absolute Gasteiger partial charge is 0.322 e. The van der Waals surface area contributed by atoms with Crippen LogP contribution in [0.15, 0.2) is 0 Å². The van der Waals surface area contributed by atoms with E-state index >= 15 is 0 Å². The van der Waals surface area contributed by atoms with Gasteiger partial charge in [-0.3, -0.25) is 10.1 Å². The maximum atomic E-state index is 12.3. The van der Waals surface area contributed by atoms with E-state index in [2.05, 4.69) is 5.32 Å². The zero-order valence-electron chi connectivity index (χ0n) is 11.9. The second-order valence-electron chi connectivity index (χ2n) is 6.06. The lowest BCUT2D eigenvalue weighted by Gasteiger charge is -2.33. The number of rotatable bonds is 4. The Morgan fingerprint density at radius 1 is 1.37 bits per heavy atom. The molecular formula is C13H24N2O3S. The van der Waals surface area contributed by atoms with Crippen molar-refractivity contribution in [3.63, 3.8) is 0 Å². The van der Waals surface area contributed by atoms with Crippen molar-refractivity contribution in [2.45, 2.75) is 57.8 Å². The third-order valence-corrected chi connectivity index (χ3v) is 5.30. The van der Waals surface area contributed by atoms with Crippen LogP contribution in [0.1, 0.15) is 39.5 Å². The minimum Gasteiger partial charge on any atom is -0.322 e. The van der Waals surface area contributed by atoms with Crippen LogP contribution < -0.4 is 5.32 Å². The molecule has 0 aromatic rings. The van der Waals surface area contributed by atoms with E-state index in [9.17, 15) is 13.2 Å². The van der Waals surface area contributed by atoms with Crippen molar-refractivity contribution in [1.82, 2.24) is 10.2 Å². The van der Waals surface area contributed by atoms with Crippen LogP contribution in [-0.2, 0) is 14.6 Å². The van der Waals surface area contributed by atoms with Crippen molar-refractivity contribution in [2.75, 3.05) is 12.0 Å². The summed E-state index contributed by atoms with van der Waals surface area (Å²) in [6.45, 7) is 3.69.